The molecule has 0 aliphatic carbocycles. The Morgan fingerprint density at radius 1 is 1.28 bits per heavy atom. The van der Waals surface area contributed by atoms with Crippen LogP contribution >= 0.6 is 15.9 Å². The van der Waals surface area contributed by atoms with Gasteiger partial charge >= 0.3 is 0 Å². The van der Waals surface area contributed by atoms with Crippen molar-refractivity contribution in [1.82, 2.24) is 9.62 Å². The van der Waals surface area contributed by atoms with Crippen LogP contribution in [-0.2, 0) is 10.0 Å². The summed E-state index contributed by atoms with van der Waals surface area (Å²) in [6.07, 6.45) is 0.776. The fourth-order valence-corrected chi connectivity index (χ4v) is 4.37. The van der Waals surface area contributed by atoms with Gasteiger partial charge in [-0.1, -0.05) is 0 Å². The van der Waals surface area contributed by atoms with E-state index in [1.54, 1.807) is 0 Å². The molecule has 1 aliphatic heterocycles. The number of halogens is 2. The molecule has 1 aromatic carbocycles. The van der Waals surface area contributed by atoms with Gasteiger partial charge in [-0.15, -0.1) is 0 Å². The van der Waals surface area contributed by atoms with Gasteiger partial charge in [-0.2, -0.15) is 4.31 Å². The largest absolute Gasteiger partial charge is 0.315 e. The monoisotopic (exact) mass is 336 g/mol. The fraction of sp³-hybridized carbons (Fsp3) is 0.455. The van der Waals surface area contributed by atoms with Gasteiger partial charge < -0.3 is 5.32 Å². The second-order valence-electron chi connectivity index (χ2n) is 4.08. The first-order valence-electron chi connectivity index (χ1n) is 5.68. The molecule has 2 rings (SSSR count). The van der Waals surface area contributed by atoms with E-state index in [9.17, 15) is 12.8 Å². The van der Waals surface area contributed by atoms with Gasteiger partial charge in [-0.05, 0) is 47.1 Å². The summed E-state index contributed by atoms with van der Waals surface area (Å²) in [5, 5.41) is 3.15. The number of hydrogen-bond acceptors (Lipinski definition) is 3. The molecule has 4 nitrogen and oxygen atoms in total. The van der Waals surface area contributed by atoms with E-state index >= 15 is 0 Å². The topological polar surface area (TPSA) is 49.4 Å². The Morgan fingerprint density at radius 2 is 2.06 bits per heavy atom. The summed E-state index contributed by atoms with van der Waals surface area (Å²) in [6.45, 7) is 2.37. The average Bonchev–Trinajstić information content (AvgIpc) is 2.57. The van der Waals surface area contributed by atoms with Gasteiger partial charge in [0.25, 0.3) is 0 Å². The molecular weight excluding hydrogens is 323 g/mol. The van der Waals surface area contributed by atoms with Gasteiger partial charge in [0.15, 0.2) is 0 Å². The van der Waals surface area contributed by atoms with Crippen LogP contribution in [0.2, 0.25) is 0 Å². The third-order valence-corrected chi connectivity index (χ3v) is 5.69. The molecule has 0 radical (unpaired) electrons. The summed E-state index contributed by atoms with van der Waals surface area (Å²) in [6, 6.07) is 3.63. The molecular formula is C11H14BrFN2O2S. The van der Waals surface area contributed by atoms with Crippen molar-refractivity contribution < 1.29 is 12.8 Å². The number of nitrogens with one attached hydrogen (secondary N) is 1. The predicted molar refractivity (Wildman–Crippen MR) is 70.3 cm³/mol. The Labute approximate surface area is 114 Å². The lowest BCUT2D eigenvalue weighted by Gasteiger charge is -2.20. The lowest BCUT2D eigenvalue weighted by atomic mass is 10.3. The van der Waals surface area contributed by atoms with Crippen molar-refractivity contribution in [2.45, 2.75) is 11.3 Å². The van der Waals surface area contributed by atoms with Crippen LogP contribution in [0.4, 0.5) is 4.39 Å². The SMILES string of the molecule is O=S(=O)(c1ccc(F)cc1Br)N1CCCNCC1. The maximum atomic E-state index is 13.0. The first-order chi connectivity index (χ1) is 8.51. The van der Waals surface area contributed by atoms with E-state index in [0.29, 0.717) is 19.6 Å². The molecule has 100 valence electrons. The lowest BCUT2D eigenvalue weighted by Crippen LogP contribution is -2.34. The zero-order chi connectivity index (χ0) is 13.2. The van der Waals surface area contributed by atoms with Crippen LogP contribution in [-0.4, -0.2) is 38.9 Å². The Bertz CT molecular complexity index is 528. The van der Waals surface area contributed by atoms with Crippen LogP contribution in [0.1, 0.15) is 6.42 Å². The van der Waals surface area contributed by atoms with Crippen molar-refractivity contribution in [1.29, 1.82) is 0 Å². The second kappa shape index (κ2) is 5.64. The molecule has 1 N–H and O–H groups in total. The summed E-state index contributed by atoms with van der Waals surface area (Å²) in [5.41, 5.74) is 0. The van der Waals surface area contributed by atoms with Crippen molar-refractivity contribution in [3.05, 3.63) is 28.5 Å². The molecule has 7 heteroatoms. The maximum Gasteiger partial charge on any atom is 0.244 e. The molecule has 0 unspecified atom stereocenters. The van der Waals surface area contributed by atoms with Gasteiger partial charge in [-0.25, -0.2) is 12.8 Å². The highest BCUT2D eigenvalue weighted by molar-refractivity contribution is 9.10. The Hall–Kier alpha value is -0.500. The predicted octanol–water partition coefficient (Wildman–Crippen LogP) is 1.57. The Kier molecular flexibility index (Phi) is 4.37. The van der Waals surface area contributed by atoms with Crippen molar-refractivity contribution in [3.63, 3.8) is 0 Å². The molecule has 0 spiro atoms. The summed E-state index contributed by atoms with van der Waals surface area (Å²) >= 11 is 3.11. The highest BCUT2D eigenvalue weighted by Gasteiger charge is 2.27. The summed E-state index contributed by atoms with van der Waals surface area (Å²) in [7, 11) is -3.55. The molecule has 1 aliphatic rings. The minimum Gasteiger partial charge on any atom is -0.315 e. The molecule has 0 bridgehead atoms. The van der Waals surface area contributed by atoms with Crippen molar-refractivity contribution >= 4 is 26.0 Å². The van der Waals surface area contributed by atoms with Gasteiger partial charge in [-0.3, -0.25) is 0 Å². The van der Waals surface area contributed by atoms with E-state index in [1.165, 1.54) is 16.4 Å². The maximum absolute atomic E-state index is 13.0. The molecule has 0 atom stereocenters. The van der Waals surface area contributed by atoms with E-state index in [0.717, 1.165) is 19.0 Å². The molecule has 0 amide bonds. The molecule has 18 heavy (non-hydrogen) atoms. The van der Waals surface area contributed by atoms with Crippen LogP contribution in [0.15, 0.2) is 27.6 Å². The third-order valence-electron chi connectivity index (χ3n) is 2.81. The Balaban J connectivity index is 2.34. The van der Waals surface area contributed by atoms with E-state index in [1.807, 2.05) is 0 Å². The summed E-state index contributed by atoms with van der Waals surface area (Å²) in [5.74, 6) is -0.460. The van der Waals surface area contributed by atoms with Crippen LogP contribution in [0.25, 0.3) is 0 Å². The summed E-state index contributed by atoms with van der Waals surface area (Å²) in [4.78, 5) is 0.116. The van der Waals surface area contributed by atoms with Gasteiger partial charge in [0, 0.05) is 24.1 Å². The van der Waals surface area contributed by atoms with E-state index in [-0.39, 0.29) is 9.37 Å². The second-order valence-corrected chi connectivity index (χ2v) is 6.84. The van der Waals surface area contributed by atoms with Crippen LogP contribution in [0.5, 0.6) is 0 Å². The first-order valence-corrected chi connectivity index (χ1v) is 7.91. The quantitative estimate of drug-likeness (QED) is 0.891. The number of rotatable bonds is 2. The van der Waals surface area contributed by atoms with Crippen LogP contribution in [0.3, 0.4) is 0 Å². The highest BCUT2D eigenvalue weighted by Crippen LogP contribution is 2.26. The fourth-order valence-electron chi connectivity index (χ4n) is 1.88. The smallest absolute Gasteiger partial charge is 0.244 e. The van der Waals surface area contributed by atoms with Gasteiger partial charge in [0.1, 0.15) is 5.82 Å². The van der Waals surface area contributed by atoms with E-state index in [4.69, 9.17) is 0 Å². The molecule has 0 saturated carbocycles. The molecule has 1 heterocycles. The zero-order valence-electron chi connectivity index (χ0n) is 9.70. The molecule has 0 aromatic heterocycles. The highest BCUT2D eigenvalue weighted by atomic mass is 79.9. The van der Waals surface area contributed by atoms with Crippen molar-refractivity contribution in [3.8, 4) is 0 Å². The number of benzene rings is 1. The van der Waals surface area contributed by atoms with E-state index < -0.39 is 15.8 Å². The third kappa shape index (κ3) is 2.90. The number of hydrogen-bond donors (Lipinski definition) is 1. The minimum atomic E-state index is -3.55. The number of nitrogens with zero attached hydrogens (tertiary/aromatic N) is 1. The standard InChI is InChI=1S/C11H14BrFN2O2S/c12-10-8-9(13)2-3-11(10)18(16,17)15-6-1-4-14-5-7-15/h2-3,8,14H,1,4-7H2. The van der Waals surface area contributed by atoms with Crippen LogP contribution in [0, 0.1) is 5.82 Å². The lowest BCUT2D eigenvalue weighted by molar-refractivity contribution is 0.431. The van der Waals surface area contributed by atoms with Gasteiger partial charge in [0.05, 0.1) is 4.90 Å². The summed E-state index contributed by atoms with van der Waals surface area (Å²) < 4.78 is 39.5. The molecule has 1 fully saturated rings. The van der Waals surface area contributed by atoms with Crippen LogP contribution < -0.4 is 5.32 Å². The van der Waals surface area contributed by atoms with E-state index in [2.05, 4.69) is 21.2 Å². The minimum absolute atomic E-state index is 0.116. The average molecular weight is 337 g/mol. The molecule has 1 aromatic rings. The van der Waals surface area contributed by atoms with Crippen molar-refractivity contribution in [2.75, 3.05) is 26.2 Å². The van der Waals surface area contributed by atoms with Gasteiger partial charge in [0.2, 0.25) is 10.0 Å². The zero-order valence-corrected chi connectivity index (χ0v) is 12.1. The van der Waals surface area contributed by atoms with Crippen molar-refractivity contribution in [2.24, 2.45) is 0 Å². The normalized spacial score (nSPS) is 18.6. The first kappa shape index (κ1) is 13.9. The number of sulfonamides is 1. The molecule has 1 saturated heterocycles. The Morgan fingerprint density at radius 3 is 2.78 bits per heavy atom.